The first kappa shape index (κ1) is 20.0. The summed E-state index contributed by atoms with van der Waals surface area (Å²) in [5.74, 6) is -0.582. The van der Waals surface area contributed by atoms with Gasteiger partial charge in [0, 0.05) is 36.1 Å². The van der Waals surface area contributed by atoms with Gasteiger partial charge in [-0.05, 0) is 37.3 Å². The Hall–Kier alpha value is -2.74. The second-order valence-corrected chi connectivity index (χ2v) is 7.24. The summed E-state index contributed by atoms with van der Waals surface area (Å²) in [4.78, 5) is 40.6. The number of hydrogen-bond donors (Lipinski definition) is 1. The fraction of sp³-hybridized carbons (Fsp3) is 0.250. The van der Waals surface area contributed by atoms with Crippen molar-refractivity contribution >= 4 is 32.7 Å². The van der Waals surface area contributed by atoms with Crippen LogP contribution in [-0.2, 0) is 17.9 Å². The molecule has 1 aromatic heterocycles. The summed E-state index contributed by atoms with van der Waals surface area (Å²) >= 11 is 3.31. The van der Waals surface area contributed by atoms with Gasteiger partial charge in [-0.3, -0.25) is 19.1 Å². The molecular weight excluding hydrogens is 429 g/mol. The van der Waals surface area contributed by atoms with Crippen LogP contribution in [0.4, 0.5) is 4.39 Å². The maximum atomic E-state index is 14.0. The van der Waals surface area contributed by atoms with Gasteiger partial charge in [0.05, 0.1) is 10.9 Å². The van der Waals surface area contributed by atoms with Crippen LogP contribution in [0.5, 0.6) is 0 Å². The molecule has 1 amide bonds. The standard InChI is InChI=1S/C20H19BrFN3O3/c1-2-24(12-13-11-14(21)7-8-16(13)22)18(26)9-10-25-17-6-4-3-5-15(17)19(27)23-20(25)28/h3-8,11H,2,9-10,12H2,1H3,(H,23,27,28). The first-order valence-corrected chi connectivity index (χ1v) is 9.63. The predicted octanol–water partition coefficient (Wildman–Crippen LogP) is 3.03. The molecule has 2 aromatic carbocycles. The van der Waals surface area contributed by atoms with Gasteiger partial charge in [0.1, 0.15) is 5.82 Å². The van der Waals surface area contributed by atoms with Gasteiger partial charge in [-0.25, -0.2) is 9.18 Å². The molecule has 0 bridgehead atoms. The average molecular weight is 448 g/mol. The number of nitrogens with zero attached hydrogens (tertiary/aromatic N) is 2. The van der Waals surface area contributed by atoms with Gasteiger partial charge >= 0.3 is 5.69 Å². The van der Waals surface area contributed by atoms with Crippen LogP contribution in [-0.4, -0.2) is 26.9 Å². The number of aryl methyl sites for hydroxylation is 1. The summed E-state index contributed by atoms with van der Waals surface area (Å²) in [6, 6.07) is 11.3. The number of nitrogens with one attached hydrogen (secondary N) is 1. The number of carbonyl (C=O) groups is 1. The van der Waals surface area contributed by atoms with E-state index < -0.39 is 11.2 Å². The Bertz CT molecular complexity index is 1140. The minimum atomic E-state index is -0.558. The van der Waals surface area contributed by atoms with Crippen LogP contribution < -0.4 is 11.2 Å². The highest BCUT2D eigenvalue weighted by molar-refractivity contribution is 9.10. The molecule has 146 valence electrons. The van der Waals surface area contributed by atoms with Gasteiger partial charge in [-0.1, -0.05) is 28.1 Å². The highest BCUT2D eigenvalue weighted by atomic mass is 79.9. The lowest BCUT2D eigenvalue weighted by atomic mass is 10.2. The van der Waals surface area contributed by atoms with Gasteiger partial charge in [-0.15, -0.1) is 0 Å². The molecule has 3 aromatic rings. The zero-order chi connectivity index (χ0) is 20.3. The topological polar surface area (TPSA) is 75.2 Å². The summed E-state index contributed by atoms with van der Waals surface area (Å²) in [7, 11) is 0. The Labute approximate surface area is 168 Å². The van der Waals surface area contributed by atoms with Crippen LogP contribution in [0.25, 0.3) is 10.9 Å². The van der Waals surface area contributed by atoms with E-state index in [0.717, 1.165) is 4.47 Å². The van der Waals surface area contributed by atoms with Crippen molar-refractivity contribution in [1.82, 2.24) is 14.5 Å². The molecule has 0 aliphatic rings. The number of para-hydroxylation sites is 1. The molecule has 3 rings (SSSR count). The quantitative estimate of drug-likeness (QED) is 0.630. The van der Waals surface area contributed by atoms with E-state index in [-0.39, 0.29) is 31.2 Å². The normalized spacial score (nSPS) is 11.0. The first-order valence-electron chi connectivity index (χ1n) is 8.84. The molecule has 0 unspecified atom stereocenters. The number of aromatic amines is 1. The molecule has 0 aliphatic heterocycles. The molecule has 0 saturated heterocycles. The van der Waals surface area contributed by atoms with Crippen LogP contribution >= 0.6 is 15.9 Å². The minimum absolute atomic E-state index is 0.0550. The van der Waals surface area contributed by atoms with Gasteiger partial charge < -0.3 is 4.90 Å². The van der Waals surface area contributed by atoms with Crippen molar-refractivity contribution in [2.45, 2.75) is 26.4 Å². The summed E-state index contributed by atoms with van der Waals surface area (Å²) in [5.41, 5.74) is -0.123. The van der Waals surface area contributed by atoms with Crippen LogP contribution in [0.1, 0.15) is 18.9 Å². The number of fused-ring (bicyclic) bond motifs is 1. The Morgan fingerprint density at radius 1 is 1.21 bits per heavy atom. The molecule has 0 atom stereocenters. The maximum absolute atomic E-state index is 14.0. The summed E-state index contributed by atoms with van der Waals surface area (Å²) in [6.07, 6.45) is 0.0550. The number of aromatic nitrogens is 2. The van der Waals surface area contributed by atoms with Crippen molar-refractivity contribution in [1.29, 1.82) is 0 Å². The molecule has 1 N–H and O–H groups in total. The van der Waals surface area contributed by atoms with Gasteiger partial charge in [-0.2, -0.15) is 0 Å². The Morgan fingerprint density at radius 3 is 2.71 bits per heavy atom. The third kappa shape index (κ3) is 4.22. The highest BCUT2D eigenvalue weighted by Gasteiger charge is 2.16. The van der Waals surface area contributed by atoms with Gasteiger partial charge in [0.15, 0.2) is 0 Å². The van der Waals surface area contributed by atoms with E-state index in [0.29, 0.717) is 23.0 Å². The summed E-state index contributed by atoms with van der Waals surface area (Å²) < 4.78 is 16.1. The summed E-state index contributed by atoms with van der Waals surface area (Å²) in [5, 5.41) is 0.387. The molecule has 6 nitrogen and oxygen atoms in total. The lowest BCUT2D eigenvalue weighted by Gasteiger charge is -2.22. The first-order chi connectivity index (χ1) is 13.4. The molecule has 0 aliphatic carbocycles. The van der Waals surface area contributed by atoms with Gasteiger partial charge in [0.25, 0.3) is 5.56 Å². The van der Waals surface area contributed by atoms with E-state index in [9.17, 15) is 18.8 Å². The third-order valence-corrected chi connectivity index (χ3v) is 5.05. The second kappa shape index (κ2) is 8.52. The molecule has 8 heteroatoms. The van der Waals surface area contributed by atoms with Crippen molar-refractivity contribution in [2.75, 3.05) is 6.54 Å². The Morgan fingerprint density at radius 2 is 1.96 bits per heavy atom. The molecule has 0 radical (unpaired) electrons. The zero-order valence-corrected chi connectivity index (χ0v) is 16.8. The number of H-pyrrole nitrogens is 1. The molecule has 28 heavy (non-hydrogen) atoms. The molecule has 1 heterocycles. The van der Waals surface area contributed by atoms with Gasteiger partial charge in [0.2, 0.25) is 5.91 Å². The lowest BCUT2D eigenvalue weighted by Crippen LogP contribution is -2.34. The lowest BCUT2D eigenvalue weighted by molar-refractivity contribution is -0.131. The van der Waals surface area contributed by atoms with Crippen LogP contribution in [0.2, 0.25) is 0 Å². The molecule has 0 saturated carbocycles. The predicted molar refractivity (Wildman–Crippen MR) is 109 cm³/mol. The zero-order valence-electron chi connectivity index (χ0n) is 15.2. The van der Waals surface area contributed by atoms with Crippen molar-refractivity contribution < 1.29 is 9.18 Å². The number of rotatable bonds is 6. The van der Waals surface area contributed by atoms with Crippen molar-refractivity contribution in [3.8, 4) is 0 Å². The molecular formula is C20H19BrFN3O3. The third-order valence-electron chi connectivity index (χ3n) is 4.56. The highest BCUT2D eigenvalue weighted by Crippen LogP contribution is 2.18. The van der Waals surface area contributed by atoms with Crippen LogP contribution in [0, 0.1) is 5.82 Å². The maximum Gasteiger partial charge on any atom is 0.328 e. The minimum Gasteiger partial charge on any atom is -0.338 e. The molecule has 0 fully saturated rings. The van der Waals surface area contributed by atoms with Crippen molar-refractivity contribution in [2.24, 2.45) is 0 Å². The monoisotopic (exact) mass is 447 g/mol. The average Bonchev–Trinajstić information content (AvgIpc) is 2.68. The number of hydrogen-bond acceptors (Lipinski definition) is 3. The Balaban J connectivity index is 1.79. The van der Waals surface area contributed by atoms with Crippen LogP contribution in [0.3, 0.4) is 0 Å². The van der Waals surface area contributed by atoms with E-state index in [1.54, 1.807) is 36.4 Å². The SMILES string of the molecule is CCN(Cc1cc(Br)ccc1F)C(=O)CCn1c(=O)[nH]c(=O)c2ccccc21. The van der Waals surface area contributed by atoms with E-state index in [2.05, 4.69) is 20.9 Å². The summed E-state index contributed by atoms with van der Waals surface area (Å²) in [6.45, 7) is 2.48. The van der Waals surface area contributed by atoms with E-state index in [1.165, 1.54) is 15.5 Å². The fourth-order valence-corrected chi connectivity index (χ4v) is 3.48. The Kier molecular flexibility index (Phi) is 6.08. The van der Waals surface area contributed by atoms with Crippen molar-refractivity contribution in [3.63, 3.8) is 0 Å². The smallest absolute Gasteiger partial charge is 0.328 e. The number of carbonyl (C=O) groups excluding carboxylic acids is 1. The number of benzene rings is 2. The molecule has 0 spiro atoms. The second-order valence-electron chi connectivity index (χ2n) is 6.32. The number of halogens is 2. The van der Waals surface area contributed by atoms with E-state index >= 15 is 0 Å². The largest absolute Gasteiger partial charge is 0.338 e. The number of amides is 1. The van der Waals surface area contributed by atoms with E-state index in [1.807, 2.05) is 6.92 Å². The van der Waals surface area contributed by atoms with Crippen molar-refractivity contribution in [3.05, 3.63) is 79.2 Å². The fourth-order valence-electron chi connectivity index (χ4n) is 3.08. The van der Waals surface area contributed by atoms with Crippen LogP contribution in [0.15, 0.2) is 56.5 Å². The van der Waals surface area contributed by atoms with E-state index in [4.69, 9.17) is 0 Å².